The Labute approximate surface area is 250 Å². The first kappa shape index (κ1) is 14.4. The van der Waals surface area contributed by atoms with Crippen molar-refractivity contribution in [3.63, 3.8) is 0 Å². The smallest absolute Gasteiger partial charge is 0.120 e. The number of benzene rings is 3. The van der Waals surface area contributed by atoms with Gasteiger partial charge < -0.3 is 14.4 Å². The van der Waals surface area contributed by atoms with E-state index in [0.717, 1.165) is 10.8 Å². The molecule has 0 fully saturated rings. The number of hydrogen-bond acceptors (Lipinski definition) is 3. The van der Waals surface area contributed by atoms with E-state index in [1.807, 2.05) is 30.3 Å². The Morgan fingerprint density at radius 3 is 2.49 bits per heavy atom. The summed E-state index contributed by atoms with van der Waals surface area (Å²) in [6.07, 6.45) is 2.61. The van der Waals surface area contributed by atoms with Gasteiger partial charge in [-0.3, -0.25) is 0 Å². The number of pyridine rings is 2. The molecule has 0 aliphatic carbocycles. The standard InChI is InChI=1S/C20H16NO.C13H12N.Ir/c1-13(2)14-10-11-21-18(12-14)17-8-5-7-16-15-6-3-4-9-19(15)22-20(16)17;1-10-3-6-12(7-4-10)13-8-5-11(2)9-14-13;/h3-7,9-13H,1-2H3;3-6,8-9H,1-2H3;/q2*-1;/i1D3,2D3,13D;1D3,2D3;. The minimum absolute atomic E-state index is 0. The average Bonchev–Trinajstić information content (AvgIpc) is 3.42. The van der Waals surface area contributed by atoms with E-state index in [-0.39, 0.29) is 42.5 Å². The van der Waals surface area contributed by atoms with Crippen molar-refractivity contribution in [2.75, 3.05) is 0 Å². The number of hydrogen-bond donors (Lipinski definition) is 0. The van der Waals surface area contributed by atoms with Crippen molar-refractivity contribution < 1.29 is 42.3 Å². The van der Waals surface area contributed by atoms with Crippen LogP contribution in [0.3, 0.4) is 0 Å². The van der Waals surface area contributed by atoms with Crippen LogP contribution in [0, 0.1) is 25.8 Å². The van der Waals surface area contributed by atoms with Gasteiger partial charge in [0.15, 0.2) is 0 Å². The molecular weight excluding hydrogens is 633 g/mol. The molecule has 0 aliphatic rings. The SMILES string of the molecule is [2H]C([2H])([2H])C([2H])(c1ccnc(-c2[c-]ccc3c2oc2ccccc23)c1)C([2H])([2H])[2H].[2H]C([2H])([2H])c1c[c-]c(-c2ccc(C([2H])([2H])[2H])cn2)cc1.[Ir]. The van der Waals surface area contributed by atoms with Gasteiger partial charge in [-0.2, -0.15) is 0 Å². The minimum atomic E-state index is -3.06. The fourth-order valence-corrected chi connectivity index (χ4v) is 3.74. The van der Waals surface area contributed by atoms with Crippen molar-refractivity contribution in [3.8, 4) is 22.5 Å². The quantitative estimate of drug-likeness (QED) is 0.177. The second-order valence-corrected chi connectivity index (χ2v) is 7.92. The predicted molar refractivity (Wildman–Crippen MR) is 148 cm³/mol. The molecule has 0 N–H and O–H groups in total. The molecule has 6 rings (SSSR count). The Bertz CT molecular complexity index is 2010. The van der Waals surface area contributed by atoms with Crippen LogP contribution < -0.4 is 0 Å². The zero-order valence-electron chi connectivity index (χ0n) is 32.3. The van der Waals surface area contributed by atoms with Gasteiger partial charge in [0.2, 0.25) is 0 Å². The second kappa shape index (κ2) is 11.6. The van der Waals surface area contributed by atoms with Gasteiger partial charge in [0.05, 0.1) is 5.58 Å². The first-order chi connectivity index (χ1) is 22.7. The number of aryl methyl sites for hydroxylation is 2. The number of aromatic nitrogens is 2. The van der Waals surface area contributed by atoms with E-state index >= 15 is 0 Å². The normalized spacial score (nSPS) is 17.6. The van der Waals surface area contributed by atoms with E-state index in [4.69, 9.17) is 22.2 Å². The summed E-state index contributed by atoms with van der Waals surface area (Å²) in [5.41, 5.74) is 3.34. The van der Waals surface area contributed by atoms with Crippen LogP contribution in [-0.2, 0) is 20.1 Å². The van der Waals surface area contributed by atoms with Crippen LogP contribution in [0.4, 0.5) is 0 Å². The van der Waals surface area contributed by atoms with E-state index in [1.54, 1.807) is 18.2 Å². The van der Waals surface area contributed by atoms with Crippen LogP contribution in [0.1, 0.15) is 54.1 Å². The van der Waals surface area contributed by atoms with E-state index in [0.29, 0.717) is 28.0 Å². The molecule has 0 atom stereocenters. The van der Waals surface area contributed by atoms with Crippen molar-refractivity contribution >= 4 is 21.9 Å². The molecule has 3 aromatic carbocycles. The molecule has 187 valence electrons. The number of furan rings is 1. The third-order valence-electron chi connectivity index (χ3n) is 5.50. The van der Waals surface area contributed by atoms with Gasteiger partial charge >= 0.3 is 0 Å². The van der Waals surface area contributed by atoms with Gasteiger partial charge in [0, 0.05) is 55.7 Å². The summed E-state index contributed by atoms with van der Waals surface area (Å²) in [5.74, 6) is -2.79. The Morgan fingerprint density at radius 2 is 1.73 bits per heavy atom. The van der Waals surface area contributed by atoms with Gasteiger partial charge in [-0.25, -0.2) is 0 Å². The van der Waals surface area contributed by atoms with Crippen LogP contribution in [0.5, 0.6) is 0 Å². The second-order valence-electron chi connectivity index (χ2n) is 7.92. The Kier molecular flexibility index (Phi) is 4.52. The number of rotatable bonds is 3. The maximum atomic E-state index is 8.39. The van der Waals surface area contributed by atoms with Crippen LogP contribution in [0.15, 0.2) is 95.7 Å². The molecule has 0 aliphatic heterocycles. The molecule has 0 amide bonds. The van der Waals surface area contributed by atoms with Gasteiger partial charge in [0.1, 0.15) is 5.58 Å². The monoisotopic (exact) mass is 674 g/mol. The van der Waals surface area contributed by atoms with Gasteiger partial charge in [-0.15, -0.1) is 53.6 Å². The van der Waals surface area contributed by atoms with Crippen LogP contribution in [0.25, 0.3) is 44.5 Å². The third-order valence-corrected chi connectivity index (χ3v) is 5.50. The third kappa shape index (κ3) is 5.88. The van der Waals surface area contributed by atoms with Gasteiger partial charge in [0.25, 0.3) is 0 Å². The average molecular weight is 674 g/mol. The van der Waals surface area contributed by atoms with Crippen molar-refractivity contribution in [2.45, 2.75) is 33.3 Å². The molecule has 4 heteroatoms. The molecule has 0 saturated heterocycles. The van der Waals surface area contributed by atoms with Crippen LogP contribution in [-0.4, -0.2) is 9.97 Å². The molecule has 0 saturated carbocycles. The molecule has 1 radical (unpaired) electrons. The zero-order valence-corrected chi connectivity index (χ0v) is 21.7. The molecule has 37 heavy (non-hydrogen) atoms. The molecule has 0 spiro atoms. The zero-order chi connectivity index (χ0) is 36.0. The first-order valence-electron chi connectivity index (χ1n) is 17.5. The Morgan fingerprint density at radius 1 is 0.865 bits per heavy atom. The first-order valence-corrected chi connectivity index (χ1v) is 11.0. The van der Waals surface area contributed by atoms with E-state index in [1.165, 1.54) is 42.7 Å². The Balaban J connectivity index is 0.000000236. The van der Waals surface area contributed by atoms with E-state index < -0.39 is 33.3 Å². The van der Waals surface area contributed by atoms with Crippen LogP contribution >= 0.6 is 0 Å². The summed E-state index contributed by atoms with van der Waals surface area (Å²) in [6, 6.07) is 27.1. The van der Waals surface area contributed by atoms with Crippen molar-refractivity contribution in [1.82, 2.24) is 9.97 Å². The number of nitrogens with zero attached hydrogens (tertiary/aromatic N) is 2. The summed E-state index contributed by atoms with van der Waals surface area (Å²) in [6.45, 7) is -10.5. The maximum Gasteiger partial charge on any atom is 0.120 e. The number of fused-ring (bicyclic) bond motifs is 3. The van der Waals surface area contributed by atoms with E-state index in [2.05, 4.69) is 22.1 Å². The summed E-state index contributed by atoms with van der Waals surface area (Å²) >= 11 is 0. The molecule has 3 nitrogen and oxygen atoms in total. The predicted octanol–water partition coefficient (Wildman–Crippen LogP) is 8.73. The summed E-state index contributed by atoms with van der Waals surface area (Å²) in [4.78, 5) is 8.34. The van der Waals surface area contributed by atoms with Gasteiger partial charge in [-0.05, 0) is 41.8 Å². The largest absolute Gasteiger partial charge is 0.501 e. The molecule has 6 aromatic rings. The van der Waals surface area contributed by atoms with Crippen LogP contribution in [0.2, 0.25) is 0 Å². The van der Waals surface area contributed by atoms with Crippen molar-refractivity contribution in [3.05, 3.63) is 120 Å². The topological polar surface area (TPSA) is 38.9 Å². The molecular formula is C33H28IrN2O-2. The van der Waals surface area contributed by atoms with Crippen molar-refractivity contribution in [2.24, 2.45) is 0 Å². The minimum Gasteiger partial charge on any atom is -0.501 e. The van der Waals surface area contributed by atoms with E-state index in [9.17, 15) is 0 Å². The molecule has 0 unspecified atom stereocenters. The summed E-state index contributed by atoms with van der Waals surface area (Å²) in [5, 5.41) is 1.75. The maximum absolute atomic E-state index is 8.39. The summed E-state index contributed by atoms with van der Waals surface area (Å²) in [7, 11) is 0. The molecule has 3 heterocycles. The number of para-hydroxylation sites is 1. The van der Waals surface area contributed by atoms with Gasteiger partial charge in [-0.1, -0.05) is 73.5 Å². The summed E-state index contributed by atoms with van der Waals surface area (Å²) < 4.78 is 104. The Hall–Kier alpha value is -3.59. The fourth-order valence-electron chi connectivity index (χ4n) is 3.74. The molecule has 0 bridgehead atoms. The van der Waals surface area contributed by atoms with Crippen molar-refractivity contribution in [1.29, 1.82) is 0 Å². The fraction of sp³-hybridized carbons (Fsp3) is 0.152. The molecule has 3 aromatic heterocycles.